The molecule has 0 aromatic heterocycles. The van der Waals surface area contributed by atoms with Crippen LogP contribution in [0.4, 0.5) is 5.69 Å². The molecule has 0 saturated carbocycles. The van der Waals surface area contributed by atoms with Crippen LogP contribution < -0.4 is 9.64 Å². The van der Waals surface area contributed by atoms with E-state index in [0.717, 1.165) is 28.1 Å². The molecule has 0 atom stereocenters. The van der Waals surface area contributed by atoms with Crippen molar-refractivity contribution in [1.29, 1.82) is 0 Å². The summed E-state index contributed by atoms with van der Waals surface area (Å²) in [6, 6.07) is 22.6. The highest BCUT2D eigenvalue weighted by molar-refractivity contribution is 6.34. The molecule has 1 heterocycles. The van der Waals surface area contributed by atoms with Crippen molar-refractivity contribution < 1.29 is 9.53 Å². The molecule has 0 N–H and O–H groups in total. The lowest BCUT2D eigenvalue weighted by Gasteiger charge is -2.18. The van der Waals surface area contributed by atoms with E-state index in [1.54, 1.807) is 30.2 Å². The molecule has 0 radical (unpaired) electrons. The fourth-order valence-corrected chi connectivity index (χ4v) is 3.23. The van der Waals surface area contributed by atoms with Gasteiger partial charge >= 0.3 is 0 Å². The number of amidine groups is 1. The van der Waals surface area contributed by atoms with Crippen molar-refractivity contribution in [3.05, 3.63) is 100 Å². The van der Waals surface area contributed by atoms with Gasteiger partial charge in [0.15, 0.2) is 0 Å². The molecule has 29 heavy (non-hydrogen) atoms. The van der Waals surface area contributed by atoms with Gasteiger partial charge in [-0.2, -0.15) is 0 Å². The van der Waals surface area contributed by atoms with Gasteiger partial charge in [-0.3, -0.25) is 9.69 Å². The number of hydrogen-bond acceptors (Lipinski definition) is 3. The summed E-state index contributed by atoms with van der Waals surface area (Å²) in [5.74, 6) is 1.17. The minimum absolute atomic E-state index is 0.172. The topological polar surface area (TPSA) is 41.9 Å². The van der Waals surface area contributed by atoms with Crippen LogP contribution in [0.25, 0.3) is 6.08 Å². The van der Waals surface area contributed by atoms with Gasteiger partial charge in [0.1, 0.15) is 17.3 Å². The fourth-order valence-electron chi connectivity index (χ4n) is 3.10. The van der Waals surface area contributed by atoms with Gasteiger partial charge in [0.25, 0.3) is 5.91 Å². The minimum Gasteiger partial charge on any atom is -0.497 e. The maximum absolute atomic E-state index is 13.3. The molecule has 1 amide bonds. The van der Waals surface area contributed by atoms with E-state index >= 15 is 0 Å². The summed E-state index contributed by atoms with van der Waals surface area (Å²) in [6.07, 6.45) is 1.78. The first kappa shape index (κ1) is 19.0. The van der Waals surface area contributed by atoms with Gasteiger partial charge < -0.3 is 4.74 Å². The first-order valence-corrected chi connectivity index (χ1v) is 9.54. The van der Waals surface area contributed by atoms with Crippen LogP contribution in [0.1, 0.15) is 16.7 Å². The van der Waals surface area contributed by atoms with Gasteiger partial charge in [-0.05, 0) is 67.1 Å². The van der Waals surface area contributed by atoms with Crippen LogP contribution in [-0.4, -0.2) is 18.9 Å². The highest BCUT2D eigenvalue weighted by atomic mass is 35.5. The molecule has 0 unspecified atom stereocenters. The number of methoxy groups -OCH3 is 1. The summed E-state index contributed by atoms with van der Waals surface area (Å²) >= 11 is 6.04. The van der Waals surface area contributed by atoms with Gasteiger partial charge in [-0.25, -0.2) is 4.99 Å². The number of nitrogens with zero attached hydrogens (tertiary/aromatic N) is 2. The maximum atomic E-state index is 13.3. The first-order chi connectivity index (χ1) is 14.0. The fraction of sp³-hybridized carbons (Fsp3) is 0.0833. The third kappa shape index (κ3) is 3.93. The Morgan fingerprint density at radius 3 is 2.21 bits per heavy atom. The zero-order valence-electron chi connectivity index (χ0n) is 16.1. The Morgan fingerprint density at radius 2 is 1.59 bits per heavy atom. The molecule has 1 aliphatic heterocycles. The van der Waals surface area contributed by atoms with Crippen molar-refractivity contribution in [2.45, 2.75) is 6.92 Å². The normalized spacial score (nSPS) is 15.0. The second-order valence-electron chi connectivity index (χ2n) is 6.72. The Kier molecular flexibility index (Phi) is 5.19. The smallest absolute Gasteiger partial charge is 0.282 e. The van der Waals surface area contributed by atoms with Crippen LogP contribution in [0.3, 0.4) is 0 Å². The third-order valence-corrected chi connectivity index (χ3v) is 4.93. The molecule has 5 heteroatoms. The van der Waals surface area contributed by atoms with E-state index in [1.165, 1.54) is 0 Å². The van der Waals surface area contributed by atoms with Gasteiger partial charge in [0.2, 0.25) is 0 Å². The van der Waals surface area contributed by atoms with Crippen LogP contribution in [0.2, 0.25) is 5.02 Å². The highest BCUT2D eigenvalue weighted by Gasteiger charge is 2.32. The predicted octanol–water partition coefficient (Wildman–Crippen LogP) is 5.49. The second-order valence-corrected chi connectivity index (χ2v) is 7.16. The number of carbonyl (C=O) groups excluding carboxylic acids is 1. The Hall–Kier alpha value is -3.37. The summed E-state index contributed by atoms with van der Waals surface area (Å²) < 4.78 is 5.20. The van der Waals surface area contributed by atoms with Crippen LogP contribution >= 0.6 is 11.6 Å². The number of halogens is 1. The van der Waals surface area contributed by atoms with E-state index in [1.807, 2.05) is 67.6 Å². The lowest BCUT2D eigenvalue weighted by molar-refractivity contribution is -0.113. The zero-order chi connectivity index (χ0) is 20.4. The Morgan fingerprint density at radius 1 is 0.931 bits per heavy atom. The Balaban J connectivity index is 1.78. The summed E-state index contributed by atoms with van der Waals surface area (Å²) in [4.78, 5) is 19.6. The molecular formula is C24H19ClN2O2. The molecule has 0 spiro atoms. The monoisotopic (exact) mass is 402 g/mol. The van der Waals surface area contributed by atoms with Gasteiger partial charge in [-0.1, -0.05) is 41.4 Å². The van der Waals surface area contributed by atoms with E-state index in [-0.39, 0.29) is 5.91 Å². The molecule has 3 aromatic carbocycles. The molecule has 4 rings (SSSR count). The van der Waals surface area contributed by atoms with Gasteiger partial charge in [-0.15, -0.1) is 0 Å². The van der Waals surface area contributed by atoms with E-state index < -0.39 is 0 Å². The lowest BCUT2D eigenvalue weighted by Crippen LogP contribution is -2.32. The van der Waals surface area contributed by atoms with Crippen molar-refractivity contribution in [1.82, 2.24) is 0 Å². The molecule has 144 valence electrons. The zero-order valence-corrected chi connectivity index (χ0v) is 16.9. The quantitative estimate of drug-likeness (QED) is 0.541. The molecule has 4 nitrogen and oxygen atoms in total. The second kappa shape index (κ2) is 7.94. The van der Waals surface area contributed by atoms with E-state index in [0.29, 0.717) is 16.6 Å². The van der Waals surface area contributed by atoms with E-state index in [2.05, 4.69) is 4.99 Å². The SMILES string of the molecule is COc1ccc(/C=C2/N=C(c3ccc(Cl)cc3)N(c3ccc(C)cc3)C2=O)cc1. The average Bonchev–Trinajstić information content (AvgIpc) is 3.06. The van der Waals surface area contributed by atoms with Gasteiger partial charge in [0.05, 0.1) is 12.8 Å². The van der Waals surface area contributed by atoms with E-state index in [9.17, 15) is 4.79 Å². The number of aryl methyl sites for hydroxylation is 1. The van der Waals surface area contributed by atoms with Crippen LogP contribution in [0.15, 0.2) is 83.5 Å². The largest absolute Gasteiger partial charge is 0.497 e. The Bertz CT molecular complexity index is 1100. The molecule has 0 aliphatic carbocycles. The molecule has 1 aliphatic rings. The summed E-state index contributed by atoms with van der Waals surface area (Å²) in [7, 11) is 1.62. The number of benzene rings is 3. The first-order valence-electron chi connectivity index (χ1n) is 9.16. The minimum atomic E-state index is -0.172. The molecule has 0 bridgehead atoms. The highest BCUT2D eigenvalue weighted by Crippen LogP contribution is 2.29. The number of carbonyl (C=O) groups is 1. The average molecular weight is 403 g/mol. The van der Waals surface area contributed by atoms with Crippen LogP contribution in [0, 0.1) is 6.92 Å². The number of hydrogen-bond donors (Lipinski definition) is 0. The number of amides is 1. The number of anilines is 1. The Labute approximate surface area is 174 Å². The third-order valence-electron chi connectivity index (χ3n) is 4.67. The van der Waals surface area contributed by atoms with Crippen molar-refractivity contribution in [3.8, 4) is 5.75 Å². The summed E-state index contributed by atoms with van der Waals surface area (Å²) in [6.45, 7) is 2.01. The van der Waals surface area contributed by atoms with Crippen molar-refractivity contribution in [2.24, 2.45) is 4.99 Å². The standard InChI is InChI=1S/C24H19ClN2O2/c1-16-3-11-20(12-4-16)27-23(18-7-9-19(25)10-8-18)26-22(24(27)28)15-17-5-13-21(29-2)14-6-17/h3-15H,1-2H3/b22-15+. The number of ether oxygens (including phenoxy) is 1. The van der Waals surface area contributed by atoms with Crippen LogP contribution in [0.5, 0.6) is 5.75 Å². The lowest BCUT2D eigenvalue weighted by atomic mass is 10.1. The van der Waals surface area contributed by atoms with Crippen LogP contribution in [-0.2, 0) is 4.79 Å². The van der Waals surface area contributed by atoms with Crippen molar-refractivity contribution in [3.63, 3.8) is 0 Å². The molecule has 0 saturated heterocycles. The van der Waals surface area contributed by atoms with Gasteiger partial charge in [0, 0.05) is 10.6 Å². The molecule has 3 aromatic rings. The number of aliphatic imine (C=N–C) groups is 1. The number of rotatable bonds is 4. The molecular weight excluding hydrogens is 384 g/mol. The maximum Gasteiger partial charge on any atom is 0.282 e. The molecule has 0 fully saturated rings. The van der Waals surface area contributed by atoms with Crippen molar-refractivity contribution in [2.75, 3.05) is 12.0 Å². The predicted molar refractivity (Wildman–Crippen MR) is 118 cm³/mol. The summed E-state index contributed by atoms with van der Waals surface area (Å²) in [5, 5.41) is 0.634. The van der Waals surface area contributed by atoms with Crippen molar-refractivity contribution >= 4 is 35.1 Å². The summed E-state index contributed by atoms with van der Waals surface area (Å²) in [5.41, 5.74) is 3.97. The van der Waals surface area contributed by atoms with E-state index in [4.69, 9.17) is 16.3 Å².